The van der Waals surface area contributed by atoms with E-state index in [0.29, 0.717) is 30.6 Å². The van der Waals surface area contributed by atoms with Crippen LogP contribution < -0.4 is 26.0 Å². The summed E-state index contributed by atoms with van der Waals surface area (Å²) in [5, 5.41) is 22.8. The molecule has 0 aromatic heterocycles. The van der Waals surface area contributed by atoms with E-state index in [4.69, 9.17) is 18.9 Å². The van der Waals surface area contributed by atoms with Crippen LogP contribution in [0.1, 0.15) is 147 Å². The van der Waals surface area contributed by atoms with Crippen LogP contribution in [0.2, 0.25) is 0 Å². The molecule has 4 rings (SSSR count). The number of hydrogen-bond donors (Lipinski definition) is 5. The zero-order valence-electron chi connectivity index (χ0n) is 51.2. The quantitative estimate of drug-likeness (QED) is 0.117. The summed E-state index contributed by atoms with van der Waals surface area (Å²) in [7, 11) is 4.33. The number of alkyl carbamates (subject to hydrolysis) is 1. The van der Waals surface area contributed by atoms with Gasteiger partial charge in [-0.25, -0.2) is 9.59 Å². The third kappa shape index (κ3) is 18.5. The molecule has 1 aromatic carbocycles. The first-order valence-corrected chi connectivity index (χ1v) is 29.1. The van der Waals surface area contributed by atoms with E-state index in [1.54, 1.807) is 72.7 Å². The number of aliphatic hydroxyl groups excluding tert-OH is 1. The number of fused-ring (bicyclic) bond motifs is 1. The third-order valence-corrected chi connectivity index (χ3v) is 15.4. The van der Waals surface area contributed by atoms with Gasteiger partial charge >= 0.3 is 18.0 Å². The molecule has 12 atom stereocenters. The SMILES string of the molecule is CC[C@H](C)[C@H]1NC(=O)[C@@H](NC(=O)[C@@H](CC(C)C)N(C)C(=O)[C@@H]2CCCN2C(=O)[C@H](C)NC(=O)OC(C)(C)C)[C@@H](C)OC(=O)[C@H](Cc2ccc(OC)cc2)N(C)C(=O)C2CCCN2C(=O)[C@H](CC(C)C)NC(=O)[C@H](C(C)C)OC(=O)C[C@@H]1O. The van der Waals surface area contributed by atoms with Gasteiger partial charge in [-0.1, -0.05) is 73.9 Å². The van der Waals surface area contributed by atoms with Crippen molar-refractivity contribution in [1.82, 2.24) is 40.9 Å². The largest absolute Gasteiger partial charge is 0.497 e. The van der Waals surface area contributed by atoms with Crippen LogP contribution in [0.15, 0.2) is 24.3 Å². The van der Waals surface area contributed by atoms with Gasteiger partial charge in [0.25, 0.3) is 5.91 Å². The van der Waals surface area contributed by atoms with Gasteiger partial charge in [-0.05, 0) is 115 Å². The molecule has 0 spiro atoms. The number of nitrogens with one attached hydrogen (secondary N) is 4. The molecule has 5 N–H and O–H groups in total. The zero-order valence-corrected chi connectivity index (χ0v) is 51.2. The minimum absolute atomic E-state index is 0.0648. The monoisotopic (exact) mass is 1150 g/mol. The Morgan fingerprint density at radius 3 is 2.07 bits per heavy atom. The molecular weight excluding hydrogens is 1060 g/mol. The van der Waals surface area contributed by atoms with E-state index in [1.165, 1.54) is 54.7 Å². The lowest BCUT2D eigenvalue weighted by Gasteiger charge is -2.36. The van der Waals surface area contributed by atoms with E-state index in [-0.39, 0.29) is 57.0 Å². The summed E-state index contributed by atoms with van der Waals surface area (Å²) in [6.07, 6.45) is -4.23. The fraction of sp³-hybridized carbons (Fsp3) is 0.729. The Morgan fingerprint density at radius 1 is 0.866 bits per heavy atom. The lowest BCUT2D eigenvalue weighted by molar-refractivity contribution is -0.162. The average molecular weight is 1160 g/mol. The van der Waals surface area contributed by atoms with Crippen molar-refractivity contribution in [3.05, 3.63) is 29.8 Å². The Kier molecular flexibility index (Phi) is 25.0. The number of benzene rings is 1. The summed E-state index contributed by atoms with van der Waals surface area (Å²) in [5.41, 5.74) is -0.247. The minimum Gasteiger partial charge on any atom is -0.497 e. The first-order valence-electron chi connectivity index (χ1n) is 29.1. The second kappa shape index (κ2) is 30.2. The van der Waals surface area contributed by atoms with Crippen molar-refractivity contribution >= 4 is 59.4 Å². The van der Waals surface area contributed by atoms with Gasteiger partial charge in [-0.2, -0.15) is 0 Å². The predicted molar refractivity (Wildman–Crippen MR) is 303 cm³/mol. The second-order valence-electron chi connectivity index (χ2n) is 24.5. The number of amides is 8. The smallest absolute Gasteiger partial charge is 0.408 e. The maximum Gasteiger partial charge on any atom is 0.408 e. The lowest BCUT2D eigenvalue weighted by Crippen LogP contribution is -2.62. The van der Waals surface area contributed by atoms with Gasteiger partial charge in [0.1, 0.15) is 59.7 Å². The van der Waals surface area contributed by atoms with Crippen molar-refractivity contribution in [1.29, 1.82) is 0 Å². The molecule has 3 fully saturated rings. The summed E-state index contributed by atoms with van der Waals surface area (Å²) in [4.78, 5) is 149. The molecule has 8 amide bonds. The highest BCUT2D eigenvalue weighted by Gasteiger charge is 2.46. The zero-order chi connectivity index (χ0) is 61.7. The van der Waals surface area contributed by atoms with Crippen LogP contribution in [0, 0.1) is 23.7 Å². The molecule has 3 saturated heterocycles. The van der Waals surface area contributed by atoms with E-state index >= 15 is 9.59 Å². The van der Waals surface area contributed by atoms with Crippen LogP contribution in [0.3, 0.4) is 0 Å². The van der Waals surface area contributed by atoms with E-state index < -0.39 is 150 Å². The Labute approximate surface area is 484 Å². The van der Waals surface area contributed by atoms with Crippen molar-refractivity contribution in [2.24, 2.45) is 23.7 Å². The molecular formula is C59H94N8O15. The van der Waals surface area contributed by atoms with Gasteiger partial charge in [0.05, 0.1) is 25.7 Å². The van der Waals surface area contributed by atoms with Crippen LogP contribution in [0.25, 0.3) is 0 Å². The normalized spacial score (nSPS) is 26.0. The molecule has 0 radical (unpaired) electrons. The van der Waals surface area contributed by atoms with Crippen molar-refractivity contribution in [3.8, 4) is 5.75 Å². The number of aliphatic hydroxyl groups is 1. The molecule has 1 unspecified atom stereocenters. The Balaban J connectivity index is 1.83. The van der Waals surface area contributed by atoms with Gasteiger partial charge in [-0.15, -0.1) is 0 Å². The molecule has 3 aliphatic rings. The maximum atomic E-state index is 15.1. The number of carbonyl (C=O) groups is 10. The van der Waals surface area contributed by atoms with Crippen molar-refractivity contribution < 1.29 is 72.0 Å². The highest BCUT2D eigenvalue weighted by Crippen LogP contribution is 2.27. The number of esters is 2. The first kappa shape index (κ1) is 68.0. The molecule has 0 bridgehead atoms. The Bertz CT molecular complexity index is 2410. The molecule has 23 heteroatoms. The standard InChI is InChI=1S/C59H94N8O15/c1-17-35(8)47-45(68)31-46(69)81-49(34(6)7)52(72)61-40(28-32(2)3)54(74)67-27-19-21-42(67)56(76)65(15)44(30-38-22-24-39(79-16)25-23-38)57(77)80-37(10)48(51(71)62-47)63-50(70)43(29-33(4)5)64(14)55(75)41-20-18-26-66(41)53(73)36(9)60-58(78)82-59(11,12)13/h22-25,32-37,40-45,47-49,68H,17-21,26-31H2,1-16H3,(H,60,78)(H,61,72)(H,62,71)(H,63,70)/t35-,36-,37+,40-,41-,42?,43+,44-,45-,47+,48-,49-/m0/s1. The van der Waals surface area contributed by atoms with Crippen LogP contribution >= 0.6 is 0 Å². The number of hydrogen-bond acceptors (Lipinski definition) is 15. The number of rotatable bonds is 16. The summed E-state index contributed by atoms with van der Waals surface area (Å²) >= 11 is 0. The molecule has 23 nitrogen and oxygen atoms in total. The number of carbonyl (C=O) groups excluding carboxylic acids is 10. The number of likely N-dealkylation sites (N-methyl/N-ethyl adjacent to an activating group) is 2. The van der Waals surface area contributed by atoms with Gasteiger partial charge < -0.3 is 64.9 Å². The molecule has 3 heterocycles. The van der Waals surface area contributed by atoms with E-state index in [9.17, 15) is 43.5 Å². The summed E-state index contributed by atoms with van der Waals surface area (Å²) < 4.78 is 22.7. The highest BCUT2D eigenvalue weighted by atomic mass is 16.6. The predicted octanol–water partition coefficient (Wildman–Crippen LogP) is 3.64. The van der Waals surface area contributed by atoms with Crippen LogP contribution in [-0.2, 0) is 63.8 Å². The third-order valence-electron chi connectivity index (χ3n) is 15.4. The fourth-order valence-electron chi connectivity index (χ4n) is 10.6. The van der Waals surface area contributed by atoms with Gasteiger partial charge in [-0.3, -0.25) is 38.4 Å². The lowest BCUT2D eigenvalue weighted by atomic mass is 9.92. The maximum absolute atomic E-state index is 15.1. The van der Waals surface area contributed by atoms with Gasteiger partial charge in [0.2, 0.25) is 35.4 Å². The van der Waals surface area contributed by atoms with Crippen molar-refractivity contribution in [2.75, 3.05) is 34.3 Å². The number of cyclic esters (lactones) is 2. The first-order chi connectivity index (χ1) is 38.3. The van der Waals surface area contributed by atoms with E-state index in [0.717, 1.165) is 0 Å². The van der Waals surface area contributed by atoms with Crippen LogP contribution in [0.4, 0.5) is 4.79 Å². The van der Waals surface area contributed by atoms with Gasteiger partial charge in [0, 0.05) is 33.6 Å². The number of methoxy groups -OCH3 is 1. The number of likely N-dealkylation sites (tertiary alicyclic amines) is 1. The van der Waals surface area contributed by atoms with Crippen molar-refractivity contribution in [2.45, 2.75) is 220 Å². The van der Waals surface area contributed by atoms with E-state index in [2.05, 4.69) is 21.3 Å². The number of nitrogens with zero attached hydrogens (tertiary/aromatic N) is 4. The number of ether oxygens (including phenoxy) is 4. The highest BCUT2D eigenvalue weighted by molar-refractivity contribution is 5.97. The molecule has 82 heavy (non-hydrogen) atoms. The molecule has 0 saturated carbocycles. The average Bonchev–Trinajstić information content (AvgIpc) is 4.26. The summed E-state index contributed by atoms with van der Waals surface area (Å²) in [5.74, 6) is -7.70. The molecule has 3 aliphatic heterocycles. The molecule has 460 valence electrons. The molecule has 0 aliphatic carbocycles. The topological polar surface area (TPSA) is 289 Å². The Morgan fingerprint density at radius 2 is 1.50 bits per heavy atom. The van der Waals surface area contributed by atoms with Gasteiger partial charge in [0.15, 0.2) is 6.10 Å². The van der Waals surface area contributed by atoms with Crippen LogP contribution in [-0.4, -0.2) is 191 Å². The van der Waals surface area contributed by atoms with Crippen molar-refractivity contribution in [3.63, 3.8) is 0 Å². The summed E-state index contributed by atoms with van der Waals surface area (Å²) in [6.45, 7) is 22.5. The second-order valence-corrected chi connectivity index (χ2v) is 24.5. The minimum atomic E-state index is -1.75. The molecule has 1 aromatic rings. The fourth-order valence-corrected chi connectivity index (χ4v) is 10.6. The van der Waals surface area contributed by atoms with Crippen LogP contribution in [0.5, 0.6) is 5.75 Å². The summed E-state index contributed by atoms with van der Waals surface area (Å²) in [6, 6.07) is -3.12. The van der Waals surface area contributed by atoms with E-state index in [1.807, 2.05) is 27.7 Å². The Hall–Kier alpha value is -6.52.